The van der Waals surface area contributed by atoms with Crippen molar-refractivity contribution in [3.8, 4) is 5.75 Å². The van der Waals surface area contributed by atoms with Gasteiger partial charge in [-0.2, -0.15) is 0 Å². The number of methoxy groups -OCH3 is 1. The van der Waals surface area contributed by atoms with E-state index in [1.54, 1.807) is 13.2 Å². The third-order valence-electron chi connectivity index (χ3n) is 5.77. The molecule has 1 amide bonds. The third-order valence-corrected chi connectivity index (χ3v) is 5.77. The molecule has 0 saturated heterocycles. The monoisotopic (exact) mass is 414 g/mol. The SMILES string of the molecule is CNCCCc1cccc(F)c1C.COc1cc(C2CCCCC2)ccc1NC=O. The normalized spacial score (nSPS) is 13.9. The Labute approximate surface area is 180 Å². The number of halogens is 1. The van der Waals surface area contributed by atoms with Crippen molar-refractivity contribution in [3.63, 3.8) is 0 Å². The summed E-state index contributed by atoms with van der Waals surface area (Å²) in [6.07, 6.45) is 9.22. The van der Waals surface area contributed by atoms with E-state index < -0.39 is 0 Å². The van der Waals surface area contributed by atoms with Crippen LogP contribution in [-0.2, 0) is 11.2 Å². The molecule has 1 saturated carbocycles. The number of anilines is 1. The summed E-state index contributed by atoms with van der Waals surface area (Å²) in [6, 6.07) is 11.4. The average molecular weight is 415 g/mol. The van der Waals surface area contributed by atoms with Crippen LogP contribution in [0.25, 0.3) is 0 Å². The van der Waals surface area contributed by atoms with Gasteiger partial charge in [0.25, 0.3) is 0 Å². The molecule has 30 heavy (non-hydrogen) atoms. The van der Waals surface area contributed by atoms with Crippen LogP contribution in [0.4, 0.5) is 10.1 Å². The van der Waals surface area contributed by atoms with Crippen molar-refractivity contribution in [1.82, 2.24) is 5.32 Å². The lowest BCUT2D eigenvalue weighted by atomic mass is 9.84. The van der Waals surface area contributed by atoms with Crippen LogP contribution >= 0.6 is 0 Å². The summed E-state index contributed by atoms with van der Waals surface area (Å²) in [5, 5.41) is 5.73. The molecule has 2 aromatic rings. The fraction of sp³-hybridized carbons (Fsp3) is 0.480. The van der Waals surface area contributed by atoms with Crippen molar-refractivity contribution in [2.75, 3.05) is 26.0 Å². The van der Waals surface area contributed by atoms with Gasteiger partial charge in [0.05, 0.1) is 12.8 Å². The molecule has 1 aliphatic carbocycles. The Morgan fingerprint density at radius 1 is 1.17 bits per heavy atom. The van der Waals surface area contributed by atoms with Crippen molar-refractivity contribution in [1.29, 1.82) is 0 Å². The second-order valence-electron chi connectivity index (χ2n) is 7.79. The second kappa shape index (κ2) is 13.0. The first-order valence-corrected chi connectivity index (χ1v) is 10.9. The van der Waals surface area contributed by atoms with E-state index in [-0.39, 0.29) is 5.82 Å². The Balaban J connectivity index is 0.000000222. The number of hydrogen-bond acceptors (Lipinski definition) is 3. The van der Waals surface area contributed by atoms with E-state index in [1.165, 1.54) is 43.7 Å². The van der Waals surface area contributed by atoms with Gasteiger partial charge in [-0.1, -0.05) is 37.5 Å². The maximum Gasteiger partial charge on any atom is 0.211 e. The molecule has 2 N–H and O–H groups in total. The number of aryl methyl sites for hydroxylation is 1. The van der Waals surface area contributed by atoms with Crippen molar-refractivity contribution < 1.29 is 13.9 Å². The maximum atomic E-state index is 13.1. The van der Waals surface area contributed by atoms with Crippen molar-refractivity contribution in [2.24, 2.45) is 0 Å². The van der Waals surface area contributed by atoms with Crippen molar-refractivity contribution in [2.45, 2.75) is 57.8 Å². The summed E-state index contributed by atoms with van der Waals surface area (Å²) in [5.74, 6) is 1.31. The standard InChI is InChI=1S/C14H19NO2.C11H16FN/c1-17-14-9-12(7-8-13(14)15-10-16)11-5-3-2-4-6-11;1-9-10(6-4-8-13-2)5-3-7-11(9)12/h7-11H,2-6H2,1H3,(H,15,16);3,5,7,13H,4,6,8H2,1-2H3. The minimum atomic E-state index is -0.0954. The molecule has 0 bridgehead atoms. The van der Waals surface area contributed by atoms with E-state index in [0.29, 0.717) is 12.3 Å². The first-order chi connectivity index (χ1) is 14.6. The van der Waals surface area contributed by atoms with Gasteiger partial charge in [-0.15, -0.1) is 0 Å². The minimum absolute atomic E-state index is 0.0954. The molecule has 0 unspecified atom stereocenters. The Bertz CT molecular complexity index is 789. The smallest absolute Gasteiger partial charge is 0.211 e. The van der Waals surface area contributed by atoms with Crippen LogP contribution < -0.4 is 15.4 Å². The van der Waals surface area contributed by atoms with Gasteiger partial charge in [0.15, 0.2) is 0 Å². The zero-order valence-electron chi connectivity index (χ0n) is 18.5. The molecule has 2 aromatic carbocycles. The molecule has 0 aromatic heterocycles. The summed E-state index contributed by atoms with van der Waals surface area (Å²) >= 11 is 0. The highest BCUT2D eigenvalue weighted by Gasteiger charge is 2.16. The maximum absolute atomic E-state index is 13.1. The average Bonchev–Trinajstić information content (AvgIpc) is 2.78. The predicted octanol–water partition coefficient (Wildman–Crippen LogP) is 5.60. The van der Waals surface area contributed by atoms with E-state index in [1.807, 2.05) is 26.1 Å². The van der Waals surface area contributed by atoms with Gasteiger partial charge in [0.2, 0.25) is 6.41 Å². The first-order valence-electron chi connectivity index (χ1n) is 10.9. The van der Waals surface area contributed by atoms with Gasteiger partial charge in [0, 0.05) is 0 Å². The number of benzene rings is 2. The number of ether oxygens (including phenoxy) is 1. The fourth-order valence-corrected chi connectivity index (χ4v) is 3.96. The van der Waals surface area contributed by atoms with E-state index in [0.717, 1.165) is 42.0 Å². The lowest BCUT2D eigenvalue weighted by Gasteiger charge is -2.22. The highest BCUT2D eigenvalue weighted by Crippen LogP contribution is 2.36. The van der Waals surface area contributed by atoms with Gasteiger partial charge in [-0.25, -0.2) is 4.39 Å². The molecule has 164 valence electrons. The molecule has 0 heterocycles. The van der Waals surface area contributed by atoms with Gasteiger partial charge in [-0.3, -0.25) is 4.79 Å². The number of carbonyl (C=O) groups excluding carboxylic acids is 1. The van der Waals surface area contributed by atoms with Crippen LogP contribution in [0.2, 0.25) is 0 Å². The van der Waals surface area contributed by atoms with E-state index in [2.05, 4.69) is 22.8 Å². The molecule has 5 heteroatoms. The molecule has 1 fully saturated rings. The Hall–Kier alpha value is -2.40. The molecule has 0 atom stereocenters. The Morgan fingerprint density at radius 2 is 1.93 bits per heavy atom. The minimum Gasteiger partial charge on any atom is -0.495 e. The quantitative estimate of drug-likeness (QED) is 0.437. The van der Waals surface area contributed by atoms with Crippen LogP contribution in [0, 0.1) is 12.7 Å². The highest BCUT2D eigenvalue weighted by molar-refractivity contribution is 5.75. The molecule has 1 aliphatic rings. The number of nitrogens with one attached hydrogen (secondary N) is 2. The number of amides is 1. The van der Waals surface area contributed by atoms with Crippen molar-refractivity contribution in [3.05, 3.63) is 58.9 Å². The van der Waals surface area contributed by atoms with Crippen LogP contribution in [0.3, 0.4) is 0 Å². The van der Waals surface area contributed by atoms with Crippen molar-refractivity contribution >= 4 is 12.1 Å². The molecule has 4 nitrogen and oxygen atoms in total. The molecule has 0 spiro atoms. The van der Waals surface area contributed by atoms with Crippen LogP contribution in [0.15, 0.2) is 36.4 Å². The molecular formula is C25H35FN2O2. The number of carbonyl (C=O) groups is 1. The summed E-state index contributed by atoms with van der Waals surface area (Å²) in [5.41, 5.74) is 3.98. The largest absolute Gasteiger partial charge is 0.495 e. The lowest BCUT2D eigenvalue weighted by molar-refractivity contribution is -0.105. The highest BCUT2D eigenvalue weighted by atomic mass is 19.1. The zero-order valence-corrected chi connectivity index (χ0v) is 18.5. The summed E-state index contributed by atoms with van der Waals surface area (Å²) in [4.78, 5) is 10.5. The van der Waals surface area contributed by atoms with Crippen LogP contribution in [-0.4, -0.2) is 27.1 Å². The number of rotatable bonds is 8. The Morgan fingerprint density at radius 3 is 2.60 bits per heavy atom. The second-order valence-corrected chi connectivity index (χ2v) is 7.79. The van der Waals surface area contributed by atoms with Gasteiger partial charge < -0.3 is 15.4 Å². The molecular weight excluding hydrogens is 379 g/mol. The molecule has 0 aliphatic heterocycles. The van der Waals surface area contributed by atoms with Crippen LogP contribution in [0.1, 0.15) is 61.1 Å². The van der Waals surface area contributed by atoms with Gasteiger partial charge in [-0.05, 0) is 87.0 Å². The van der Waals surface area contributed by atoms with Gasteiger partial charge >= 0.3 is 0 Å². The predicted molar refractivity (Wildman–Crippen MR) is 122 cm³/mol. The summed E-state index contributed by atoms with van der Waals surface area (Å²) in [6.45, 7) is 2.82. The lowest BCUT2D eigenvalue weighted by Crippen LogP contribution is -2.08. The van der Waals surface area contributed by atoms with E-state index >= 15 is 0 Å². The van der Waals surface area contributed by atoms with E-state index in [4.69, 9.17) is 4.74 Å². The Kier molecular flexibility index (Phi) is 10.4. The summed E-state index contributed by atoms with van der Waals surface area (Å²) in [7, 11) is 3.56. The van der Waals surface area contributed by atoms with Gasteiger partial charge in [0.1, 0.15) is 11.6 Å². The summed E-state index contributed by atoms with van der Waals surface area (Å²) < 4.78 is 18.4. The third kappa shape index (κ3) is 7.13. The van der Waals surface area contributed by atoms with E-state index in [9.17, 15) is 9.18 Å². The van der Waals surface area contributed by atoms with Crippen LogP contribution in [0.5, 0.6) is 5.75 Å². The first kappa shape index (κ1) is 23.9. The number of hydrogen-bond donors (Lipinski definition) is 2. The topological polar surface area (TPSA) is 50.4 Å². The fourth-order valence-electron chi connectivity index (χ4n) is 3.96. The zero-order chi connectivity index (χ0) is 21.8. The molecule has 3 rings (SSSR count). The molecule has 0 radical (unpaired) electrons.